The minimum absolute atomic E-state index is 0.0768. The maximum atomic E-state index is 13.7. The highest BCUT2D eigenvalue weighted by molar-refractivity contribution is 7.98. The number of ether oxygens (including phenoxy) is 1. The molecule has 1 aromatic rings. The SMILES string of the molecule is CCC(N)Cc1cc(F)c(OCCSC)c(F)c1. The van der Waals surface area contributed by atoms with Gasteiger partial charge in [-0.1, -0.05) is 6.92 Å². The lowest BCUT2D eigenvalue weighted by Crippen LogP contribution is -2.21. The van der Waals surface area contributed by atoms with Gasteiger partial charge in [0, 0.05) is 11.8 Å². The lowest BCUT2D eigenvalue weighted by Gasteiger charge is -2.12. The zero-order valence-electron chi connectivity index (χ0n) is 10.7. The molecule has 0 spiro atoms. The second-order valence-electron chi connectivity index (χ2n) is 4.10. The molecule has 0 aromatic heterocycles. The van der Waals surface area contributed by atoms with E-state index in [0.29, 0.717) is 24.3 Å². The molecule has 0 aliphatic carbocycles. The largest absolute Gasteiger partial charge is 0.487 e. The average molecular weight is 275 g/mol. The first-order valence-corrected chi connectivity index (χ1v) is 7.33. The van der Waals surface area contributed by atoms with Crippen LogP contribution in [-0.2, 0) is 6.42 Å². The second-order valence-corrected chi connectivity index (χ2v) is 5.09. The first kappa shape index (κ1) is 15.2. The third kappa shape index (κ3) is 4.46. The number of rotatable bonds is 7. The van der Waals surface area contributed by atoms with Gasteiger partial charge in [-0.05, 0) is 36.8 Å². The summed E-state index contributed by atoms with van der Waals surface area (Å²) in [7, 11) is 0. The van der Waals surface area contributed by atoms with Crippen LogP contribution in [0, 0.1) is 11.6 Å². The number of thioether (sulfide) groups is 1. The van der Waals surface area contributed by atoms with Crippen molar-refractivity contribution in [2.45, 2.75) is 25.8 Å². The molecule has 1 atom stereocenters. The Morgan fingerprint density at radius 1 is 1.33 bits per heavy atom. The highest BCUT2D eigenvalue weighted by atomic mass is 32.2. The van der Waals surface area contributed by atoms with Gasteiger partial charge in [0.25, 0.3) is 0 Å². The standard InChI is InChI=1S/C13H19F2NOS/c1-3-10(16)6-9-7-11(14)13(12(15)8-9)17-4-5-18-2/h7-8,10H,3-6,16H2,1-2H3. The van der Waals surface area contributed by atoms with Gasteiger partial charge >= 0.3 is 0 Å². The lowest BCUT2D eigenvalue weighted by molar-refractivity contribution is 0.305. The van der Waals surface area contributed by atoms with Crippen LogP contribution in [0.3, 0.4) is 0 Å². The minimum Gasteiger partial charge on any atom is -0.487 e. The fourth-order valence-electron chi connectivity index (χ4n) is 1.54. The van der Waals surface area contributed by atoms with Crippen molar-refractivity contribution in [3.63, 3.8) is 0 Å². The quantitative estimate of drug-likeness (QED) is 0.777. The van der Waals surface area contributed by atoms with Crippen LogP contribution >= 0.6 is 11.8 Å². The molecule has 0 fully saturated rings. The zero-order chi connectivity index (χ0) is 13.5. The Morgan fingerprint density at radius 3 is 2.44 bits per heavy atom. The molecule has 1 unspecified atom stereocenters. The van der Waals surface area contributed by atoms with E-state index in [0.717, 1.165) is 6.42 Å². The monoisotopic (exact) mass is 275 g/mol. The Kier molecular flexibility index (Phi) is 6.43. The summed E-state index contributed by atoms with van der Waals surface area (Å²) in [5.74, 6) is -0.914. The predicted octanol–water partition coefficient (Wildman–Crippen LogP) is 2.99. The molecule has 0 radical (unpaired) electrons. The molecule has 0 heterocycles. The van der Waals surface area contributed by atoms with Gasteiger partial charge in [-0.3, -0.25) is 0 Å². The van der Waals surface area contributed by atoms with E-state index in [1.165, 1.54) is 12.1 Å². The molecular formula is C13H19F2NOS. The molecular weight excluding hydrogens is 256 g/mol. The fourth-order valence-corrected chi connectivity index (χ4v) is 1.79. The summed E-state index contributed by atoms with van der Waals surface area (Å²) in [6.45, 7) is 2.24. The summed E-state index contributed by atoms with van der Waals surface area (Å²) in [5.41, 5.74) is 6.33. The number of benzene rings is 1. The first-order chi connectivity index (χ1) is 8.58. The summed E-state index contributed by atoms with van der Waals surface area (Å²) >= 11 is 1.56. The summed E-state index contributed by atoms with van der Waals surface area (Å²) in [5, 5.41) is 0. The molecule has 5 heteroatoms. The van der Waals surface area contributed by atoms with Crippen LogP contribution in [0.15, 0.2) is 12.1 Å². The third-order valence-electron chi connectivity index (χ3n) is 2.61. The Hall–Kier alpha value is -0.810. The van der Waals surface area contributed by atoms with Gasteiger partial charge in [0.2, 0.25) is 0 Å². The van der Waals surface area contributed by atoms with E-state index in [1.54, 1.807) is 11.8 Å². The molecule has 0 saturated heterocycles. The van der Waals surface area contributed by atoms with Gasteiger partial charge in [0.05, 0.1) is 6.61 Å². The van der Waals surface area contributed by atoms with E-state index < -0.39 is 11.6 Å². The van der Waals surface area contributed by atoms with Crippen LogP contribution in [0.2, 0.25) is 0 Å². The molecule has 18 heavy (non-hydrogen) atoms. The molecule has 2 nitrogen and oxygen atoms in total. The minimum atomic E-state index is -0.658. The van der Waals surface area contributed by atoms with E-state index in [2.05, 4.69) is 0 Å². The van der Waals surface area contributed by atoms with Gasteiger partial charge in [0.1, 0.15) is 0 Å². The van der Waals surface area contributed by atoms with Crippen LogP contribution in [0.4, 0.5) is 8.78 Å². The van der Waals surface area contributed by atoms with Gasteiger partial charge in [0.15, 0.2) is 17.4 Å². The van der Waals surface area contributed by atoms with Crippen LogP contribution in [0.1, 0.15) is 18.9 Å². The van der Waals surface area contributed by atoms with Crippen LogP contribution in [0.5, 0.6) is 5.75 Å². The number of hydrogen-bond acceptors (Lipinski definition) is 3. The molecule has 1 aromatic carbocycles. The smallest absolute Gasteiger partial charge is 0.190 e. The van der Waals surface area contributed by atoms with Crippen LogP contribution < -0.4 is 10.5 Å². The third-order valence-corrected chi connectivity index (χ3v) is 3.19. The van der Waals surface area contributed by atoms with Crippen molar-refractivity contribution in [1.82, 2.24) is 0 Å². The molecule has 0 aliphatic heterocycles. The Labute approximate surface area is 111 Å². The number of nitrogens with two attached hydrogens (primary N) is 1. The van der Waals surface area contributed by atoms with Crippen molar-refractivity contribution in [3.05, 3.63) is 29.3 Å². The van der Waals surface area contributed by atoms with Crippen molar-refractivity contribution >= 4 is 11.8 Å². The summed E-state index contributed by atoms with van der Waals surface area (Å²) in [4.78, 5) is 0. The van der Waals surface area contributed by atoms with Gasteiger partial charge in [-0.25, -0.2) is 8.78 Å². The normalized spacial score (nSPS) is 12.5. The lowest BCUT2D eigenvalue weighted by atomic mass is 10.0. The number of hydrogen-bond donors (Lipinski definition) is 1. The summed E-state index contributed by atoms with van der Waals surface area (Å²) in [6, 6.07) is 2.52. The molecule has 0 saturated carbocycles. The predicted molar refractivity (Wildman–Crippen MR) is 72.2 cm³/mol. The van der Waals surface area contributed by atoms with E-state index in [1.807, 2.05) is 13.2 Å². The van der Waals surface area contributed by atoms with Gasteiger partial charge < -0.3 is 10.5 Å². The molecule has 2 N–H and O–H groups in total. The van der Waals surface area contributed by atoms with Gasteiger partial charge in [-0.2, -0.15) is 11.8 Å². The maximum absolute atomic E-state index is 13.7. The molecule has 1 rings (SSSR count). The Morgan fingerprint density at radius 2 is 1.94 bits per heavy atom. The second kappa shape index (κ2) is 7.59. The van der Waals surface area contributed by atoms with Crippen molar-refractivity contribution in [2.24, 2.45) is 5.73 Å². The van der Waals surface area contributed by atoms with Crippen molar-refractivity contribution in [2.75, 3.05) is 18.6 Å². The van der Waals surface area contributed by atoms with Gasteiger partial charge in [-0.15, -0.1) is 0 Å². The van der Waals surface area contributed by atoms with E-state index in [-0.39, 0.29) is 11.8 Å². The van der Waals surface area contributed by atoms with Crippen LogP contribution in [-0.4, -0.2) is 24.7 Å². The van der Waals surface area contributed by atoms with E-state index in [4.69, 9.17) is 10.5 Å². The summed E-state index contributed by atoms with van der Waals surface area (Å²) < 4.78 is 32.5. The van der Waals surface area contributed by atoms with E-state index in [9.17, 15) is 8.78 Å². The fraction of sp³-hybridized carbons (Fsp3) is 0.538. The Bertz CT molecular complexity index is 364. The van der Waals surface area contributed by atoms with Crippen molar-refractivity contribution in [1.29, 1.82) is 0 Å². The highest BCUT2D eigenvalue weighted by Crippen LogP contribution is 2.24. The first-order valence-electron chi connectivity index (χ1n) is 5.93. The summed E-state index contributed by atoms with van der Waals surface area (Å²) in [6.07, 6.45) is 3.15. The molecule has 0 aliphatic rings. The van der Waals surface area contributed by atoms with Crippen molar-refractivity contribution in [3.8, 4) is 5.75 Å². The van der Waals surface area contributed by atoms with E-state index >= 15 is 0 Å². The topological polar surface area (TPSA) is 35.2 Å². The van der Waals surface area contributed by atoms with Crippen LogP contribution in [0.25, 0.3) is 0 Å². The molecule has 0 bridgehead atoms. The highest BCUT2D eigenvalue weighted by Gasteiger charge is 2.13. The zero-order valence-corrected chi connectivity index (χ0v) is 11.5. The number of halogens is 2. The maximum Gasteiger partial charge on any atom is 0.190 e. The molecule has 0 amide bonds. The average Bonchev–Trinajstić information content (AvgIpc) is 2.32. The molecule has 102 valence electrons. The Balaban J connectivity index is 2.77. The van der Waals surface area contributed by atoms with Crippen molar-refractivity contribution < 1.29 is 13.5 Å².